The van der Waals surface area contributed by atoms with Gasteiger partial charge >= 0.3 is 0 Å². The number of benzene rings is 3. The number of hydrogen-bond acceptors (Lipinski definition) is 6. The molecule has 9 nitrogen and oxygen atoms in total. The first-order chi connectivity index (χ1) is 18.5. The Morgan fingerprint density at radius 2 is 1.72 bits per heavy atom. The van der Waals surface area contributed by atoms with Crippen LogP contribution in [0.15, 0.2) is 58.4 Å². The molecule has 3 aromatic carbocycles. The molecule has 11 heteroatoms. The van der Waals surface area contributed by atoms with Gasteiger partial charge in [0.15, 0.2) is 15.8 Å². The van der Waals surface area contributed by atoms with Crippen LogP contribution >= 0.6 is 11.6 Å². The largest absolute Gasteiger partial charge is 0.454 e. The number of carbonyl (C=O) groups is 1. The lowest BCUT2D eigenvalue weighted by Gasteiger charge is -2.36. The normalized spacial score (nSPS) is 16.4. The van der Waals surface area contributed by atoms with Gasteiger partial charge in [0.25, 0.3) is 5.91 Å². The quantitative estimate of drug-likeness (QED) is 0.360. The van der Waals surface area contributed by atoms with Gasteiger partial charge in [-0.2, -0.15) is 4.99 Å². The highest BCUT2D eigenvalue weighted by Gasteiger charge is 2.32. The van der Waals surface area contributed by atoms with Crippen LogP contribution in [-0.2, 0) is 22.1 Å². The summed E-state index contributed by atoms with van der Waals surface area (Å²) in [5.74, 6) is -1.04. The summed E-state index contributed by atoms with van der Waals surface area (Å²) >= 11 is 6.69. The Morgan fingerprint density at radius 3 is 2.41 bits per heavy atom. The van der Waals surface area contributed by atoms with Crippen LogP contribution < -0.4 is 21.1 Å². The number of amides is 1. The highest BCUT2D eigenvalue weighted by atomic mass is 35.5. The molecule has 0 spiro atoms. The second kappa shape index (κ2) is 10.5. The van der Waals surface area contributed by atoms with Crippen LogP contribution in [0, 0.1) is 13.8 Å². The zero-order valence-corrected chi connectivity index (χ0v) is 23.3. The summed E-state index contributed by atoms with van der Waals surface area (Å²) in [7, 11) is -3.88. The summed E-state index contributed by atoms with van der Waals surface area (Å²) in [6.07, 6.45) is 0. The lowest BCUT2D eigenvalue weighted by Crippen LogP contribution is -2.46. The van der Waals surface area contributed by atoms with E-state index in [1.54, 1.807) is 6.92 Å². The van der Waals surface area contributed by atoms with Crippen molar-refractivity contribution in [1.82, 2.24) is 4.90 Å². The van der Waals surface area contributed by atoms with Gasteiger partial charge in [0.2, 0.25) is 0 Å². The zero-order chi connectivity index (χ0) is 27.9. The minimum atomic E-state index is -3.88. The highest BCUT2D eigenvalue weighted by molar-refractivity contribution is 7.90. The Morgan fingerprint density at radius 1 is 1.00 bits per heavy atom. The fourth-order valence-corrected chi connectivity index (χ4v) is 6.87. The third-order valence-electron chi connectivity index (χ3n) is 7.10. The van der Waals surface area contributed by atoms with Gasteiger partial charge in [0, 0.05) is 49.5 Å². The number of anilines is 1. The number of nitrogens with zero attached hydrogens (tertiary/aromatic N) is 3. The molecule has 3 aromatic rings. The Kier molecular flexibility index (Phi) is 7.28. The van der Waals surface area contributed by atoms with Crippen molar-refractivity contribution >= 4 is 39.0 Å². The summed E-state index contributed by atoms with van der Waals surface area (Å²) in [6, 6.07) is 14.8. The number of carbonyl (C=O) groups excluding carboxylic acids is 1. The van der Waals surface area contributed by atoms with Crippen molar-refractivity contribution in [3.63, 3.8) is 0 Å². The summed E-state index contributed by atoms with van der Waals surface area (Å²) in [5, 5.41) is 0.327. The monoisotopic (exact) mass is 567 g/mol. The van der Waals surface area contributed by atoms with Crippen molar-refractivity contribution in [2.45, 2.75) is 31.0 Å². The van der Waals surface area contributed by atoms with E-state index in [2.05, 4.69) is 39.9 Å². The Labute approximate surface area is 232 Å². The Balaban J connectivity index is 1.40. The van der Waals surface area contributed by atoms with Crippen LogP contribution in [0.1, 0.15) is 32.6 Å². The van der Waals surface area contributed by atoms with Crippen molar-refractivity contribution in [2.24, 2.45) is 16.5 Å². The van der Waals surface area contributed by atoms with Gasteiger partial charge in [-0.25, -0.2) is 8.42 Å². The molecule has 5 rings (SSSR count). The number of ether oxygens (including phenoxy) is 1. The fraction of sp³-hybridized carbons (Fsp3) is 0.286. The molecule has 204 valence electrons. The minimum Gasteiger partial charge on any atom is -0.454 e. The molecule has 0 aromatic heterocycles. The van der Waals surface area contributed by atoms with Crippen LogP contribution in [0.25, 0.3) is 0 Å². The van der Waals surface area contributed by atoms with Crippen molar-refractivity contribution < 1.29 is 17.9 Å². The van der Waals surface area contributed by atoms with Crippen molar-refractivity contribution in [3.8, 4) is 11.5 Å². The SMILES string of the molecule is Cc1ccccc1CN1CCN(c2cc(Cl)c3c(c2)CS(=O)(=O)c2cc(C(=O)N=C(N)N)cc(C)c2O3)CC1. The first-order valence-corrected chi connectivity index (χ1v) is 14.6. The smallest absolute Gasteiger partial charge is 0.280 e. The third kappa shape index (κ3) is 5.59. The molecular weight excluding hydrogens is 538 g/mol. The van der Waals surface area contributed by atoms with Gasteiger partial charge < -0.3 is 21.1 Å². The van der Waals surface area contributed by atoms with Crippen LogP contribution in [0.2, 0.25) is 5.02 Å². The van der Waals surface area contributed by atoms with Gasteiger partial charge in [-0.05, 0) is 54.8 Å². The minimum absolute atomic E-state index is 0.0492. The maximum Gasteiger partial charge on any atom is 0.280 e. The molecule has 2 aliphatic heterocycles. The van der Waals surface area contributed by atoms with Gasteiger partial charge in [-0.1, -0.05) is 35.9 Å². The van der Waals surface area contributed by atoms with E-state index in [0.29, 0.717) is 21.9 Å². The average molecular weight is 568 g/mol. The molecule has 39 heavy (non-hydrogen) atoms. The molecule has 0 bridgehead atoms. The molecule has 0 unspecified atom stereocenters. The number of halogens is 1. The maximum absolute atomic E-state index is 13.5. The van der Waals surface area contributed by atoms with Gasteiger partial charge in [-0.3, -0.25) is 9.69 Å². The average Bonchev–Trinajstić information content (AvgIpc) is 2.99. The van der Waals surface area contributed by atoms with Crippen LogP contribution in [0.5, 0.6) is 11.5 Å². The lowest BCUT2D eigenvalue weighted by molar-refractivity contribution is 0.100. The van der Waals surface area contributed by atoms with E-state index in [1.165, 1.54) is 23.3 Å². The van der Waals surface area contributed by atoms with E-state index in [0.717, 1.165) is 38.4 Å². The number of hydrogen-bond donors (Lipinski definition) is 2. The molecule has 2 aliphatic rings. The van der Waals surface area contributed by atoms with Crippen molar-refractivity contribution in [2.75, 3.05) is 31.1 Å². The molecule has 4 N–H and O–H groups in total. The molecule has 0 aliphatic carbocycles. The first-order valence-electron chi connectivity index (χ1n) is 12.6. The number of guanidine groups is 1. The van der Waals surface area contributed by atoms with Crippen LogP contribution in [-0.4, -0.2) is 51.4 Å². The standard InChI is InChI=1S/C28H30ClN5O4S/c1-17-5-3-4-6-19(17)15-33-7-9-34(10-8-33)22-12-21-16-39(36,37)24-13-20(27(35)32-28(30)31)11-18(2)25(24)38-26(21)23(29)14-22/h3-6,11-14H,7-10,15-16H2,1-2H3,(H4,30,31,32,35). The molecular formula is C28H30ClN5O4S. The predicted octanol–water partition coefficient (Wildman–Crippen LogP) is 3.77. The third-order valence-corrected chi connectivity index (χ3v) is 9.05. The van der Waals surface area contributed by atoms with E-state index >= 15 is 0 Å². The van der Waals surface area contributed by atoms with Gasteiger partial charge in [0.05, 0.1) is 10.8 Å². The van der Waals surface area contributed by atoms with Crippen molar-refractivity contribution in [1.29, 1.82) is 0 Å². The number of aliphatic imine (C=N–C) groups is 1. The second-order valence-corrected chi connectivity index (χ2v) is 12.3. The number of piperazine rings is 1. The number of nitrogens with two attached hydrogens (primary N) is 2. The van der Waals surface area contributed by atoms with E-state index in [4.69, 9.17) is 27.8 Å². The Hall–Kier alpha value is -3.60. The molecule has 1 amide bonds. The van der Waals surface area contributed by atoms with E-state index in [-0.39, 0.29) is 22.0 Å². The van der Waals surface area contributed by atoms with Gasteiger partial charge in [0.1, 0.15) is 16.4 Å². The van der Waals surface area contributed by atoms with E-state index in [1.807, 2.05) is 18.2 Å². The van der Waals surface area contributed by atoms with Crippen molar-refractivity contribution in [3.05, 3.63) is 81.4 Å². The predicted molar refractivity (Wildman–Crippen MR) is 152 cm³/mol. The molecule has 0 atom stereocenters. The maximum atomic E-state index is 13.5. The molecule has 2 heterocycles. The summed E-state index contributed by atoms with van der Waals surface area (Å²) < 4.78 is 33.1. The molecule has 1 saturated heterocycles. The summed E-state index contributed by atoms with van der Waals surface area (Å²) in [6.45, 7) is 7.98. The molecule has 1 fully saturated rings. The topological polar surface area (TPSA) is 131 Å². The van der Waals surface area contributed by atoms with Crippen LogP contribution in [0.3, 0.4) is 0 Å². The number of rotatable bonds is 4. The summed E-state index contributed by atoms with van der Waals surface area (Å²) in [4.78, 5) is 20.5. The van der Waals surface area contributed by atoms with E-state index in [9.17, 15) is 13.2 Å². The molecule has 0 saturated carbocycles. The number of sulfone groups is 1. The van der Waals surface area contributed by atoms with E-state index < -0.39 is 21.7 Å². The number of aryl methyl sites for hydroxylation is 2. The first kappa shape index (κ1) is 27.0. The number of fused-ring (bicyclic) bond motifs is 2. The Bertz CT molecular complexity index is 1590. The van der Waals surface area contributed by atoms with Crippen LogP contribution in [0.4, 0.5) is 5.69 Å². The zero-order valence-electron chi connectivity index (χ0n) is 21.8. The second-order valence-electron chi connectivity index (χ2n) is 9.93. The lowest BCUT2D eigenvalue weighted by atomic mass is 10.1. The van der Waals surface area contributed by atoms with Gasteiger partial charge in [-0.15, -0.1) is 0 Å². The summed E-state index contributed by atoms with van der Waals surface area (Å²) in [5.41, 5.74) is 15.1. The fourth-order valence-electron chi connectivity index (χ4n) is 5.02. The molecule has 0 radical (unpaired) electrons. The highest BCUT2D eigenvalue weighted by Crippen LogP contribution is 2.45.